The Labute approximate surface area is 171 Å². The lowest BCUT2D eigenvalue weighted by molar-refractivity contribution is -0.118. The molecule has 1 heterocycles. The van der Waals surface area contributed by atoms with Crippen molar-refractivity contribution in [2.75, 3.05) is 38.2 Å². The van der Waals surface area contributed by atoms with E-state index >= 15 is 0 Å². The number of benzene rings is 1. The number of nitrogens with zero attached hydrogens (tertiary/aromatic N) is 1. The Balaban J connectivity index is 1.59. The van der Waals surface area contributed by atoms with Crippen LogP contribution in [-0.4, -0.2) is 55.2 Å². The molecule has 1 aliphatic heterocycles. The van der Waals surface area contributed by atoms with Crippen molar-refractivity contribution in [2.24, 2.45) is 0 Å². The van der Waals surface area contributed by atoms with E-state index in [9.17, 15) is 4.79 Å². The van der Waals surface area contributed by atoms with Gasteiger partial charge in [0.15, 0.2) is 0 Å². The molecule has 7 heteroatoms. The fourth-order valence-corrected chi connectivity index (χ4v) is 4.58. The highest BCUT2D eigenvalue weighted by Crippen LogP contribution is 2.34. The zero-order chi connectivity index (χ0) is 19.3. The maximum Gasteiger partial charge on any atom is 0.241 e. The van der Waals surface area contributed by atoms with E-state index in [1.165, 1.54) is 32.1 Å². The van der Waals surface area contributed by atoms with Crippen molar-refractivity contribution < 1.29 is 9.53 Å². The van der Waals surface area contributed by atoms with Crippen LogP contribution in [0.3, 0.4) is 0 Å². The van der Waals surface area contributed by atoms with Crippen molar-refractivity contribution >= 4 is 34.8 Å². The Kier molecular flexibility index (Phi) is 7.40. The molecule has 27 heavy (non-hydrogen) atoms. The smallest absolute Gasteiger partial charge is 0.241 e. The van der Waals surface area contributed by atoms with Crippen molar-refractivity contribution in [1.82, 2.24) is 10.2 Å². The number of anilines is 1. The number of ether oxygens (including phenoxy) is 1. The second-order valence-corrected chi connectivity index (χ2v) is 8.44. The van der Waals surface area contributed by atoms with Crippen LogP contribution in [0, 0.1) is 0 Å². The molecular weight excluding hydrogens is 385 g/mol. The largest absolute Gasteiger partial charge is 0.379 e. The highest BCUT2D eigenvalue weighted by atomic mass is 35.5. The predicted molar refractivity (Wildman–Crippen MR) is 111 cm³/mol. The van der Waals surface area contributed by atoms with Gasteiger partial charge in [0.1, 0.15) is 0 Å². The van der Waals surface area contributed by atoms with Crippen LogP contribution in [0.2, 0.25) is 10.0 Å². The number of hydrogen-bond acceptors (Lipinski definition) is 4. The summed E-state index contributed by atoms with van der Waals surface area (Å²) < 4.78 is 5.54. The zero-order valence-corrected chi connectivity index (χ0v) is 17.4. The van der Waals surface area contributed by atoms with Crippen molar-refractivity contribution in [1.29, 1.82) is 0 Å². The minimum atomic E-state index is -0.309. The second kappa shape index (κ2) is 9.57. The molecule has 1 amide bonds. The van der Waals surface area contributed by atoms with Crippen molar-refractivity contribution in [3.63, 3.8) is 0 Å². The average Bonchev–Trinajstić information content (AvgIpc) is 2.69. The van der Waals surface area contributed by atoms with E-state index in [1.54, 1.807) is 18.2 Å². The van der Waals surface area contributed by atoms with Crippen molar-refractivity contribution in [3.05, 3.63) is 28.2 Å². The topological polar surface area (TPSA) is 53.6 Å². The van der Waals surface area contributed by atoms with Gasteiger partial charge in [0.05, 0.1) is 30.0 Å². The lowest BCUT2D eigenvalue weighted by atomic mass is 9.79. The first-order valence-corrected chi connectivity index (χ1v) is 10.6. The molecule has 0 radical (unpaired) electrons. The second-order valence-electron chi connectivity index (χ2n) is 7.60. The first-order valence-electron chi connectivity index (χ1n) is 9.82. The van der Waals surface area contributed by atoms with Crippen molar-refractivity contribution in [2.45, 2.75) is 50.6 Å². The van der Waals surface area contributed by atoms with E-state index in [0.29, 0.717) is 15.7 Å². The zero-order valence-electron chi connectivity index (χ0n) is 15.9. The molecule has 3 rings (SSSR count). The summed E-state index contributed by atoms with van der Waals surface area (Å²) in [4.78, 5) is 15.2. The third-order valence-electron chi connectivity index (χ3n) is 5.79. The van der Waals surface area contributed by atoms with Crippen LogP contribution in [0.1, 0.15) is 39.0 Å². The Morgan fingerprint density at radius 2 is 1.93 bits per heavy atom. The number of hydrogen-bond donors (Lipinski definition) is 2. The van der Waals surface area contributed by atoms with Crippen LogP contribution in [0.15, 0.2) is 18.2 Å². The number of nitrogens with one attached hydrogen (secondary N) is 2. The summed E-state index contributed by atoms with van der Waals surface area (Å²) in [5.74, 6) is -0.0906. The minimum Gasteiger partial charge on any atom is -0.379 e. The van der Waals surface area contributed by atoms with Crippen LogP contribution in [0.25, 0.3) is 0 Å². The normalized spacial score (nSPS) is 21.6. The van der Waals surface area contributed by atoms with Gasteiger partial charge in [0.2, 0.25) is 5.91 Å². The van der Waals surface area contributed by atoms with E-state index in [-0.39, 0.29) is 17.5 Å². The van der Waals surface area contributed by atoms with Gasteiger partial charge in [-0.25, -0.2) is 0 Å². The van der Waals surface area contributed by atoms with E-state index in [2.05, 4.69) is 15.5 Å². The predicted octanol–water partition coefficient (Wildman–Crippen LogP) is 3.95. The van der Waals surface area contributed by atoms with Gasteiger partial charge in [-0.1, -0.05) is 42.5 Å². The summed E-state index contributed by atoms with van der Waals surface area (Å²) >= 11 is 12.1. The molecule has 0 spiro atoms. The van der Waals surface area contributed by atoms with Crippen LogP contribution >= 0.6 is 23.2 Å². The quantitative estimate of drug-likeness (QED) is 0.741. The highest BCUT2D eigenvalue weighted by molar-refractivity contribution is 6.36. The Bertz CT molecular complexity index is 644. The number of halogens is 2. The SMILES string of the molecule is C[C@@H](NCC1(N2CCOCC2)CCCCC1)C(=O)Nc1ccc(Cl)cc1Cl. The first kappa shape index (κ1) is 20.9. The molecule has 0 bridgehead atoms. The fraction of sp³-hybridized carbons (Fsp3) is 0.650. The molecule has 0 unspecified atom stereocenters. The molecule has 0 aromatic heterocycles. The summed E-state index contributed by atoms with van der Waals surface area (Å²) in [5.41, 5.74) is 0.717. The molecule has 1 atom stereocenters. The van der Waals surface area contributed by atoms with Gasteiger partial charge in [-0.15, -0.1) is 0 Å². The van der Waals surface area contributed by atoms with Gasteiger partial charge in [0, 0.05) is 30.2 Å². The van der Waals surface area contributed by atoms with Gasteiger partial charge in [-0.3, -0.25) is 9.69 Å². The van der Waals surface area contributed by atoms with Gasteiger partial charge >= 0.3 is 0 Å². The molecule has 1 aromatic carbocycles. The Morgan fingerprint density at radius 1 is 1.22 bits per heavy atom. The Morgan fingerprint density at radius 3 is 2.59 bits per heavy atom. The molecule has 2 fully saturated rings. The maximum atomic E-state index is 12.6. The summed E-state index contributed by atoms with van der Waals surface area (Å²) in [6, 6.07) is 4.77. The average molecular weight is 414 g/mol. The summed E-state index contributed by atoms with van der Waals surface area (Å²) in [6.07, 6.45) is 6.16. The molecule has 1 saturated heterocycles. The maximum absolute atomic E-state index is 12.6. The van der Waals surface area contributed by atoms with Gasteiger partial charge in [-0.2, -0.15) is 0 Å². The van der Waals surface area contributed by atoms with Gasteiger partial charge in [-0.05, 0) is 38.0 Å². The molecule has 1 saturated carbocycles. The van der Waals surface area contributed by atoms with Crippen LogP contribution in [0.4, 0.5) is 5.69 Å². The standard InChI is InChI=1S/C20H29Cl2N3O2/c1-15(19(26)24-18-6-5-16(21)13-17(18)22)23-14-20(7-3-2-4-8-20)25-9-11-27-12-10-25/h5-6,13,15,23H,2-4,7-12,14H2,1H3,(H,24,26)/t15-/m1/s1. The van der Waals surface area contributed by atoms with Crippen LogP contribution in [-0.2, 0) is 9.53 Å². The van der Waals surface area contributed by atoms with Gasteiger partial charge in [0.25, 0.3) is 0 Å². The third-order valence-corrected chi connectivity index (χ3v) is 6.33. The fourth-order valence-electron chi connectivity index (χ4n) is 4.12. The molecule has 2 N–H and O–H groups in total. The molecule has 2 aliphatic rings. The lowest BCUT2D eigenvalue weighted by Gasteiger charge is -2.48. The molecular formula is C20H29Cl2N3O2. The van der Waals surface area contributed by atoms with E-state index in [1.807, 2.05) is 6.92 Å². The minimum absolute atomic E-state index is 0.0906. The van der Waals surface area contributed by atoms with Crippen molar-refractivity contribution in [3.8, 4) is 0 Å². The van der Waals surface area contributed by atoms with E-state index < -0.39 is 0 Å². The molecule has 150 valence electrons. The third kappa shape index (κ3) is 5.36. The van der Waals surface area contributed by atoms with E-state index in [4.69, 9.17) is 27.9 Å². The van der Waals surface area contributed by atoms with Crippen LogP contribution in [0.5, 0.6) is 0 Å². The number of amides is 1. The number of carbonyl (C=O) groups excluding carboxylic acids is 1. The monoisotopic (exact) mass is 413 g/mol. The lowest BCUT2D eigenvalue weighted by Crippen LogP contribution is -2.60. The van der Waals surface area contributed by atoms with Crippen LogP contribution < -0.4 is 10.6 Å². The first-order chi connectivity index (χ1) is 13.0. The van der Waals surface area contributed by atoms with E-state index in [0.717, 1.165) is 32.8 Å². The summed E-state index contributed by atoms with van der Waals surface area (Å²) in [5, 5.41) is 7.36. The molecule has 1 aliphatic carbocycles. The number of morpholine rings is 1. The summed E-state index contributed by atoms with van der Waals surface area (Å²) in [6.45, 7) is 6.26. The molecule has 1 aromatic rings. The number of carbonyl (C=O) groups is 1. The highest BCUT2D eigenvalue weighted by Gasteiger charge is 2.38. The Hall–Kier alpha value is -0.850. The van der Waals surface area contributed by atoms with Gasteiger partial charge < -0.3 is 15.4 Å². The summed E-state index contributed by atoms with van der Waals surface area (Å²) in [7, 11) is 0. The number of rotatable bonds is 6. The molecule has 5 nitrogen and oxygen atoms in total.